The van der Waals surface area contributed by atoms with Crippen molar-refractivity contribution >= 4 is 6.09 Å². The number of ether oxygens (including phenoxy) is 3. The third-order valence-corrected chi connectivity index (χ3v) is 1.75. The Labute approximate surface area is 102 Å². The van der Waals surface area contributed by atoms with Gasteiger partial charge < -0.3 is 24.6 Å². The molecule has 0 aliphatic rings. The first-order chi connectivity index (χ1) is 7.89. The number of alkyl carbamates (subject to hydrolysis) is 1. The Hall–Kier alpha value is -0.850. The summed E-state index contributed by atoms with van der Waals surface area (Å²) in [6.45, 7) is 5.78. The number of aliphatic hydroxyl groups is 1. The number of carbonyl (C=O) groups is 1. The van der Waals surface area contributed by atoms with E-state index in [1.807, 2.05) is 0 Å². The molecule has 1 amide bonds. The smallest absolute Gasteiger partial charge is 0.407 e. The van der Waals surface area contributed by atoms with Crippen LogP contribution >= 0.6 is 0 Å². The zero-order chi connectivity index (χ0) is 13.3. The summed E-state index contributed by atoms with van der Waals surface area (Å²) in [6, 6.07) is -0.373. The second kappa shape index (κ2) is 8.27. The summed E-state index contributed by atoms with van der Waals surface area (Å²) in [5, 5.41) is 11.6. The second-order valence-corrected chi connectivity index (χ2v) is 4.63. The largest absolute Gasteiger partial charge is 0.444 e. The molecule has 0 aromatic rings. The maximum atomic E-state index is 11.4. The molecule has 0 saturated carbocycles. The third-order valence-electron chi connectivity index (χ3n) is 1.75. The highest BCUT2D eigenvalue weighted by atomic mass is 16.7. The Morgan fingerprint density at radius 2 is 2.06 bits per heavy atom. The summed E-state index contributed by atoms with van der Waals surface area (Å²) in [5.41, 5.74) is -0.545. The summed E-state index contributed by atoms with van der Waals surface area (Å²) >= 11 is 0. The molecule has 0 spiro atoms. The molecule has 102 valence electrons. The highest BCUT2D eigenvalue weighted by molar-refractivity contribution is 5.68. The average Bonchev–Trinajstić information content (AvgIpc) is 2.20. The number of hydrogen-bond donors (Lipinski definition) is 2. The Morgan fingerprint density at radius 3 is 2.53 bits per heavy atom. The number of carbonyl (C=O) groups excluding carboxylic acids is 1. The Morgan fingerprint density at radius 1 is 1.41 bits per heavy atom. The third kappa shape index (κ3) is 10.0. The predicted molar refractivity (Wildman–Crippen MR) is 62.7 cm³/mol. The number of rotatable bonds is 7. The lowest BCUT2D eigenvalue weighted by molar-refractivity contribution is -0.0344. The molecule has 0 bridgehead atoms. The number of methoxy groups -OCH3 is 1. The highest BCUT2D eigenvalue weighted by Gasteiger charge is 2.18. The summed E-state index contributed by atoms with van der Waals surface area (Å²) in [6.07, 6.45) is -0.0395. The number of amides is 1. The van der Waals surface area contributed by atoms with Gasteiger partial charge in [0, 0.05) is 7.11 Å². The standard InChI is InChI=1S/C11H23NO5/c1-11(2,3)17-10(14)12-9(7-13)5-6-16-8-15-4/h9,13H,5-8H2,1-4H3,(H,12,14)/t9-/m0/s1. The van der Waals surface area contributed by atoms with Crippen LogP contribution < -0.4 is 5.32 Å². The Balaban J connectivity index is 3.83. The predicted octanol–water partition coefficient (Wildman–Crippen LogP) is 0.883. The molecule has 0 saturated heterocycles. The zero-order valence-electron chi connectivity index (χ0n) is 11.0. The lowest BCUT2D eigenvalue weighted by Crippen LogP contribution is -2.41. The SMILES string of the molecule is COCOCC[C@@H](CO)NC(=O)OC(C)(C)C. The van der Waals surface area contributed by atoms with Gasteiger partial charge in [-0.15, -0.1) is 0 Å². The minimum absolute atomic E-state index is 0.157. The fourth-order valence-corrected chi connectivity index (χ4v) is 1.05. The molecule has 0 rings (SSSR count). The van der Waals surface area contributed by atoms with Crippen LogP contribution in [0.2, 0.25) is 0 Å². The van der Waals surface area contributed by atoms with Crippen molar-refractivity contribution in [1.29, 1.82) is 0 Å². The van der Waals surface area contributed by atoms with E-state index in [0.29, 0.717) is 13.0 Å². The van der Waals surface area contributed by atoms with Crippen LogP contribution in [-0.2, 0) is 14.2 Å². The van der Waals surface area contributed by atoms with Crippen LogP contribution in [0, 0.1) is 0 Å². The molecule has 2 N–H and O–H groups in total. The van der Waals surface area contributed by atoms with Gasteiger partial charge in [0.05, 0.1) is 19.3 Å². The number of nitrogens with one attached hydrogen (secondary N) is 1. The van der Waals surface area contributed by atoms with Crippen molar-refractivity contribution in [2.45, 2.75) is 38.8 Å². The summed E-state index contributed by atoms with van der Waals surface area (Å²) in [5.74, 6) is 0. The van der Waals surface area contributed by atoms with Crippen molar-refractivity contribution in [1.82, 2.24) is 5.32 Å². The van der Waals surface area contributed by atoms with Gasteiger partial charge >= 0.3 is 6.09 Å². The Kier molecular flexibility index (Phi) is 7.86. The normalized spacial score (nSPS) is 13.2. The average molecular weight is 249 g/mol. The van der Waals surface area contributed by atoms with Crippen LogP contribution in [0.3, 0.4) is 0 Å². The molecular formula is C11H23NO5. The zero-order valence-corrected chi connectivity index (χ0v) is 11.0. The van der Waals surface area contributed by atoms with Crippen LogP contribution in [0.5, 0.6) is 0 Å². The molecule has 0 aromatic carbocycles. The van der Waals surface area contributed by atoms with Gasteiger partial charge in [-0.05, 0) is 27.2 Å². The van der Waals surface area contributed by atoms with Crippen molar-refractivity contribution in [3.05, 3.63) is 0 Å². The summed E-state index contributed by atoms with van der Waals surface area (Å²) < 4.78 is 14.9. The maximum absolute atomic E-state index is 11.4. The minimum atomic E-state index is -0.545. The number of aliphatic hydroxyl groups excluding tert-OH is 1. The van der Waals surface area contributed by atoms with Crippen LogP contribution in [0.1, 0.15) is 27.2 Å². The van der Waals surface area contributed by atoms with Crippen molar-refractivity contribution in [2.24, 2.45) is 0 Å². The quantitative estimate of drug-likeness (QED) is 0.517. The maximum Gasteiger partial charge on any atom is 0.407 e. The van der Waals surface area contributed by atoms with Gasteiger partial charge in [0.15, 0.2) is 0 Å². The van der Waals surface area contributed by atoms with E-state index in [1.54, 1.807) is 20.8 Å². The minimum Gasteiger partial charge on any atom is -0.444 e. The first kappa shape index (κ1) is 16.1. The van der Waals surface area contributed by atoms with Gasteiger partial charge in [0.1, 0.15) is 12.4 Å². The molecule has 17 heavy (non-hydrogen) atoms. The van der Waals surface area contributed by atoms with Crippen molar-refractivity contribution in [3.8, 4) is 0 Å². The van der Waals surface area contributed by atoms with E-state index < -0.39 is 11.7 Å². The van der Waals surface area contributed by atoms with Gasteiger partial charge in [-0.2, -0.15) is 0 Å². The van der Waals surface area contributed by atoms with E-state index in [9.17, 15) is 4.79 Å². The molecule has 6 heteroatoms. The molecule has 0 aliphatic carbocycles. The first-order valence-electron chi connectivity index (χ1n) is 5.56. The molecule has 0 heterocycles. The monoisotopic (exact) mass is 249 g/mol. The summed E-state index contributed by atoms with van der Waals surface area (Å²) in [4.78, 5) is 11.4. The fraction of sp³-hybridized carbons (Fsp3) is 0.909. The van der Waals surface area contributed by atoms with E-state index in [2.05, 4.69) is 5.32 Å². The highest BCUT2D eigenvalue weighted by Crippen LogP contribution is 2.07. The van der Waals surface area contributed by atoms with E-state index >= 15 is 0 Å². The molecule has 0 radical (unpaired) electrons. The van der Waals surface area contributed by atoms with Crippen molar-refractivity contribution < 1.29 is 24.1 Å². The lowest BCUT2D eigenvalue weighted by atomic mass is 10.2. The van der Waals surface area contributed by atoms with Gasteiger partial charge in [-0.25, -0.2) is 4.79 Å². The topological polar surface area (TPSA) is 77.0 Å². The van der Waals surface area contributed by atoms with Crippen LogP contribution in [-0.4, -0.2) is 50.0 Å². The second-order valence-electron chi connectivity index (χ2n) is 4.63. The number of hydrogen-bond acceptors (Lipinski definition) is 5. The van der Waals surface area contributed by atoms with Gasteiger partial charge in [-0.1, -0.05) is 0 Å². The van der Waals surface area contributed by atoms with E-state index in [4.69, 9.17) is 19.3 Å². The van der Waals surface area contributed by atoms with Crippen molar-refractivity contribution in [2.75, 3.05) is 27.1 Å². The summed E-state index contributed by atoms with van der Waals surface area (Å²) in [7, 11) is 1.53. The van der Waals surface area contributed by atoms with Crippen molar-refractivity contribution in [3.63, 3.8) is 0 Å². The first-order valence-corrected chi connectivity index (χ1v) is 5.56. The molecule has 6 nitrogen and oxygen atoms in total. The molecule has 1 atom stereocenters. The lowest BCUT2D eigenvalue weighted by Gasteiger charge is -2.22. The molecule has 0 aliphatic heterocycles. The van der Waals surface area contributed by atoms with Crippen LogP contribution in [0.25, 0.3) is 0 Å². The van der Waals surface area contributed by atoms with Crippen LogP contribution in [0.15, 0.2) is 0 Å². The van der Waals surface area contributed by atoms with E-state index in [-0.39, 0.29) is 19.4 Å². The fourth-order valence-electron chi connectivity index (χ4n) is 1.05. The van der Waals surface area contributed by atoms with Gasteiger partial charge in [-0.3, -0.25) is 0 Å². The van der Waals surface area contributed by atoms with Gasteiger partial charge in [0.25, 0.3) is 0 Å². The molecular weight excluding hydrogens is 226 g/mol. The van der Waals surface area contributed by atoms with E-state index in [0.717, 1.165) is 0 Å². The molecule has 0 unspecified atom stereocenters. The molecule has 0 aromatic heterocycles. The molecule has 0 fully saturated rings. The Bertz CT molecular complexity index is 214. The van der Waals surface area contributed by atoms with Gasteiger partial charge in [0.2, 0.25) is 0 Å². The van der Waals surface area contributed by atoms with E-state index in [1.165, 1.54) is 7.11 Å². The van der Waals surface area contributed by atoms with Crippen LogP contribution in [0.4, 0.5) is 4.79 Å².